The molecule has 0 radical (unpaired) electrons. The van der Waals surface area contributed by atoms with Crippen molar-refractivity contribution in [1.82, 2.24) is 9.78 Å². The zero-order valence-corrected chi connectivity index (χ0v) is 12.9. The van der Waals surface area contributed by atoms with E-state index in [0.29, 0.717) is 16.3 Å². The van der Waals surface area contributed by atoms with E-state index in [1.165, 1.54) is 11.8 Å². The predicted octanol–water partition coefficient (Wildman–Crippen LogP) is 1.72. The first-order chi connectivity index (χ1) is 10.5. The Balaban J connectivity index is 2.08. The van der Waals surface area contributed by atoms with Crippen LogP contribution < -0.4 is 10.5 Å². The van der Waals surface area contributed by atoms with Crippen LogP contribution in [0.4, 0.5) is 0 Å². The zero-order chi connectivity index (χ0) is 16.1. The van der Waals surface area contributed by atoms with Gasteiger partial charge in [-0.15, -0.1) is 0 Å². The summed E-state index contributed by atoms with van der Waals surface area (Å²) in [6.07, 6.45) is 1.59. The molecule has 2 N–H and O–H groups in total. The van der Waals surface area contributed by atoms with Crippen molar-refractivity contribution in [2.45, 2.75) is 13.5 Å². The molecule has 2 aromatic rings. The lowest BCUT2D eigenvalue weighted by atomic mass is 10.2. The fourth-order valence-electron chi connectivity index (χ4n) is 1.75. The first kappa shape index (κ1) is 15.8. The van der Waals surface area contributed by atoms with Gasteiger partial charge >= 0.3 is 5.97 Å². The maximum absolute atomic E-state index is 11.7. The van der Waals surface area contributed by atoms with Crippen molar-refractivity contribution < 1.29 is 14.4 Å². The third-order valence-corrected chi connectivity index (χ3v) is 3.13. The number of amidine groups is 1. The van der Waals surface area contributed by atoms with Gasteiger partial charge in [-0.2, -0.15) is 5.10 Å². The first-order valence-electron chi connectivity index (χ1n) is 6.37. The normalized spacial score (nSPS) is 11.3. The number of hydrogen-bond acceptors (Lipinski definition) is 5. The van der Waals surface area contributed by atoms with Crippen molar-refractivity contribution >= 4 is 23.4 Å². The molecule has 0 aliphatic rings. The largest absolute Gasteiger partial charge is 0.496 e. The Bertz CT molecular complexity index is 712. The lowest BCUT2D eigenvalue weighted by Crippen LogP contribution is -2.18. The Hall–Kier alpha value is -2.54. The second-order valence-corrected chi connectivity index (χ2v) is 4.85. The van der Waals surface area contributed by atoms with Gasteiger partial charge in [-0.05, 0) is 31.2 Å². The van der Waals surface area contributed by atoms with Crippen molar-refractivity contribution in [3.63, 3.8) is 0 Å². The smallest absolute Gasteiger partial charge is 0.356 e. The molecule has 0 saturated heterocycles. The lowest BCUT2D eigenvalue weighted by Gasteiger charge is -2.08. The molecule has 0 atom stereocenters. The Morgan fingerprint density at radius 3 is 2.86 bits per heavy atom. The van der Waals surface area contributed by atoms with Crippen LogP contribution >= 0.6 is 11.6 Å². The molecule has 22 heavy (non-hydrogen) atoms. The van der Waals surface area contributed by atoms with Crippen LogP contribution in [0.5, 0.6) is 5.75 Å². The summed E-state index contributed by atoms with van der Waals surface area (Å²) in [5, 5.41) is 8.06. The first-order valence-corrected chi connectivity index (χ1v) is 6.74. The minimum atomic E-state index is -0.587. The summed E-state index contributed by atoms with van der Waals surface area (Å²) in [7, 11) is 1.49. The molecule has 7 nitrogen and oxygen atoms in total. The molecule has 1 aromatic heterocycles. The highest BCUT2D eigenvalue weighted by Crippen LogP contribution is 2.22. The van der Waals surface area contributed by atoms with E-state index in [4.69, 9.17) is 26.9 Å². The number of methoxy groups -OCH3 is 1. The summed E-state index contributed by atoms with van der Waals surface area (Å²) < 4.78 is 6.65. The van der Waals surface area contributed by atoms with Crippen LogP contribution in [0.25, 0.3) is 0 Å². The highest BCUT2D eigenvalue weighted by Gasteiger charge is 2.11. The number of nitrogens with two attached hydrogens (primary N) is 1. The summed E-state index contributed by atoms with van der Waals surface area (Å²) >= 11 is 5.91. The number of nitrogens with zero attached hydrogens (tertiary/aromatic N) is 3. The molecule has 0 aliphatic carbocycles. The Kier molecular flexibility index (Phi) is 5.00. The number of hydrogen-bond donors (Lipinski definition) is 1. The monoisotopic (exact) mass is 322 g/mol. The molecule has 1 aromatic carbocycles. The summed E-state index contributed by atoms with van der Waals surface area (Å²) in [4.78, 5) is 16.5. The van der Waals surface area contributed by atoms with E-state index in [9.17, 15) is 4.79 Å². The van der Waals surface area contributed by atoms with E-state index >= 15 is 0 Å². The van der Waals surface area contributed by atoms with Crippen molar-refractivity contribution in [3.05, 3.63) is 46.7 Å². The van der Waals surface area contributed by atoms with Crippen LogP contribution in [0.1, 0.15) is 11.3 Å². The average Bonchev–Trinajstić information content (AvgIpc) is 2.90. The Labute approximate surface area is 132 Å². The molecule has 8 heteroatoms. The number of aryl methyl sites for hydroxylation is 1. The molecule has 0 bridgehead atoms. The fourth-order valence-corrected chi connectivity index (χ4v) is 1.92. The number of benzene rings is 1. The number of oxime groups is 1. The van der Waals surface area contributed by atoms with Crippen LogP contribution in [0.3, 0.4) is 0 Å². The summed E-state index contributed by atoms with van der Waals surface area (Å²) in [6.45, 7) is 1.77. The van der Waals surface area contributed by atoms with Gasteiger partial charge in [0, 0.05) is 16.9 Å². The van der Waals surface area contributed by atoms with E-state index in [1.54, 1.807) is 30.5 Å². The molecule has 2 rings (SSSR count). The molecule has 0 fully saturated rings. The van der Waals surface area contributed by atoms with Gasteiger partial charge in [-0.25, -0.2) is 4.79 Å². The highest BCUT2D eigenvalue weighted by molar-refractivity contribution is 6.31. The van der Waals surface area contributed by atoms with Crippen LogP contribution in [0, 0.1) is 6.92 Å². The third kappa shape index (κ3) is 3.76. The van der Waals surface area contributed by atoms with Crippen LogP contribution in [-0.4, -0.2) is 28.7 Å². The van der Waals surface area contributed by atoms with Gasteiger partial charge in [0.25, 0.3) is 0 Å². The molecule has 0 amide bonds. The fraction of sp³-hybridized carbons (Fsp3) is 0.214. The van der Waals surface area contributed by atoms with Gasteiger partial charge in [-0.3, -0.25) is 4.68 Å². The minimum absolute atomic E-state index is 0.00936. The number of carbonyl (C=O) groups excluding carboxylic acids is 1. The summed E-state index contributed by atoms with van der Waals surface area (Å²) in [5.41, 5.74) is 7.08. The molecule has 1 heterocycles. The second-order valence-electron chi connectivity index (χ2n) is 4.41. The van der Waals surface area contributed by atoms with Crippen molar-refractivity contribution in [2.24, 2.45) is 10.9 Å². The van der Waals surface area contributed by atoms with Crippen molar-refractivity contribution in [1.29, 1.82) is 0 Å². The zero-order valence-electron chi connectivity index (χ0n) is 12.1. The molecule has 116 valence electrons. The van der Waals surface area contributed by atoms with Crippen LogP contribution in [0.2, 0.25) is 5.02 Å². The lowest BCUT2D eigenvalue weighted by molar-refractivity contribution is -0.144. The van der Waals surface area contributed by atoms with Gasteiger partial charge in [0.1, 0.15) is 12.3 Å². The van der Waals surface area contributed by atoms with Crippen molar-refractivity contribution in [2.75, 3.05) is 7.11 Å². The number of ether oxygens (including phenoxy) is 1. The maximum atomic E-state index is 11.7. The van der Waals surface area contributed by atoms with Gasteiger partial charge < -0.3 is 15.3 Å². The van der Waals surface area contributed by atoms with Crippen LogP contribution in [-0.2, 0) is 16.2 Å². The molecule has 0 spiro atoms. The average molecular weight is 323 g/mol. The number of carbonyl (C=O) groups is 1. The predicted molar refractivity (Wildman–Crippen MR) is 81.8 cm³/mol. The Morgan fingerprint density at radius 1 is 1.45 bits per heavy atom. The van der Waals surface area contributed by atoms with Crippen molar-refractivity contribution in [3.8, 4) is 5.75 Å². The van der Waals surface area contributed by atoms with E-state index in [-0.39, 0.29) is 12.4 Å². The van der Waals surface area contributed by atoms with E-state index in [0.717, 1.165) is 5.69 Å². The van der Waals surface area contributed by atoms with Gasteiger partial charge in [0.15, 0.2) is 5.84 Å². The quantitative estimate of drug-likeness (QED) is 0.391. The van der Waals surface area contributed by atoms with E-state index in [1.807, 2.05) is 6.92 Å². The number of halogens is 1. The Morgan fingerprint density at radius 2 is 2.23 bits per heavy atom. The standard InChI is InChI=1S/C14H15ClN4O3/c1-9-5-6-17-19(9)8-13(20)22-18-14(16)11-7-10(15)3-4-12(11)21-2/h3-7H,8H2,1-2H3,(H2,16,18). The van der Waals surface area contributed by atoms with E-state index in [2.05, 4.69) is 10.3 Å². The molecular weight excluding hydrogens is 308 g/mol. The van der Waals surface area contributed by atoms with Gasteiger partial charge in [-0.1, -0.05) is 16.8 Å². The molecule has 0 saturated carbocycles. The van der Waals surface area contributed by atoms with Gasteiger partial charge in [0.2, 0.25) is 0 Å². The van der Waals surface area contributed by atoms with Gasteiger partial charge in [0.05, 0.1) is 12.7 Å². The minimum Gasteiger partial charge on any atom is -0.496 e. The SMILES string of the molecule is COc1ccc(Cl)cc1/C(N)=N/OC(=O)Cn1nccc1C. The summed E-state index contributed by atoms with van der Waals surface area (Å²) in [5.74, 6) is -0.120. The maximum Gasteiger partial charge on any atom is 0.356 e. The third-order valence-electron chi connectivity index (χ3n) is 2.89. The second kappa shape index (κ2) is 6.95. The molecular formula is C14H15ClN4O3. The van der Waals surface area contributed by atoms with E-state index < -0.39 is 5.97 Å². The molecule has 0 aliphatic heterocycles. The topological polar surface area (TPSA) is 91.7 Å². The summed E-state index contributed by atoms with van der Waals surface area (Å²) in [6, 6.07) is 6.66. The highest BCUT2D eigenvalue weighted by atomic mass is 35.5. The number of aromatic nitrogens is 2. The number of rotatable bonds is 5. The molecule has 0 unspecified atom stereocenters. The van der Waals surface area contributed by atoms with Crippen LogP contribution in [0.15, 0.2) is 35.6 Å².